The maximum absolute atomic E-state index is 8.86. The minimum Gasteiger partial charge on any atom is -0.396 e. The van der Waals surface area contributed by atoms with Gasteiger partial charge in [-0.2, -0.15) is 0 Å². The first-order valence-corrected chi connectivity index (χ1v) is 5.25. The first-order valence-electron chi connectivity index (χ1n) is 5.25. The maximum Gasteiger partial charge on any atom is 0.0483 e. The van der Waals surface area contributed by atoms with Crippen LogP contribution in [0.25, 0.3) is 0 Å². The lowest BCUT2D eigenvalue weighted by molar-refractivity contribution is 0.0551. The van der Waals surface area contributed by atoms with Crippen LogP contribution in [0.4, 0.5) is 0 Å². The summed E-state index contributed by atoms with van der Waals surface area (Å²) in [6.07, 6.45) is 1.12. The molecule has 0 aliphatic carbocycles. The van der Waals surface area contributed by atoms with E-state index < -0.39 is 0 Å². The Balaban J connectivity index is 1.69. The molecule has 0 aromatic heterocycles. The van der Waals surface area contributed by atoms with Gasteiger partial charge in [0.25, 0.3) is 0 Å². The van der Waals surface area contributed by atoms with Gasteiger partial charge in [0, 0.05) is 32.2 Å². The second-order valence-corrected chi connectivity index (χ2v) is 4.04. The predicted octanol–water partition coefficient (Wildman–Crippen LogP) is 1.15. The van der Waals surface area contributed by atoms with Crippen molar-refractivity contribution in [3.05, 3.63) is 35.9 Å². The first-order chi connectivity index (χ1) is 6.88. The Morgan fingerprint density at radius 2 is 1.93 bits per heavy atom. The molecule has 14 heavy (non-hydrogen) atoms. The Hall–Kier alpha value is -0.860. The van der Waals surface area contributed by atoms with Crippen molar-refractivity contribution in [1.82, 2.24) is 4.90 Å². The summed E-state index contributed by atoms with van der Waals surface area (Å²) < 4.78 is 0. The van der Waals surface area contributed by atoms with Crippen molar-refractivity contribution in [2.45, 2.75) is 6.42 Å². The Labute approximate surface area is 85.2 Å². The van der Waals surface area contributed by atoms with Crippen molar-refractivity contribution in [2.24, 2.45) is 5.92 Å². The third-order valence-corrected chi connectivity index (χ3v) is 2.85. The number of hydrogen-bond donors (Lipinski definition) is 1. The topological polar surface area (TPSA) is 23.5 Å². The van der Waals surface area contributed by atoms with Gasteiger partial charge in [-0.05, 0) is 12.0 Å². The van der Waals surface area contributed by atoms with Gasteiger partial charge < -0.3 is 10.0 Å². The zero-order valence-corrected chi connectivity index (χ0v) is 8.39. The van der Waals surface area contributed by atoms with Crippen molar-refractivity contribution in [3.63, 3.8) is 0 Å². The molecular formula is C12H17NO. The third kappa shape index (κ3) is 2.34. The highest BCUT2D eigenvalue weighted by atomic mass is 16.3. The molecule has 1 aromatic carbocycles. The molecule has 2 rings (SSSR count). The molecular weight excluding hydrogens is 174 g/mol. The van der Waals surface area contributed by atoms with E-state index in [-0.39, 0.29) is 0 Å². The second-order valence-electron chi connectivity index (χ2n) is 4.04. The van der Waals surface area contributed by atoms with Crippen molar-refractivity contribution in [2.75, 3.05) is 26.2 Å². The highest BCUT2D eigenvalue weighted by Gasteiger charge is 2.24. The Bertz CT molecular complexity index is 267. The normalized spacial score (nSPS) is 18.1. The van der Waals surface area contributed by atoms with E-state index in [9.17, 15) is 0 Å². The fourth-order valence-corrected chi connectivity index (χ4v) is 1.91. The molecule has 0 spiro atoms. The number of aliphatic hydroxyl groups is 1. The van der Waals surface area contributed by atoms with Crippen LogP contribution in [0.5, 0.6) is 0 Å². The van der Waals surface area contributed by atoms with Gasteiger partial charge in [-0.25, -0.2) is 0 Å². The average molecular weight is 191 g/mol. The van der Waals surface area contributed by atoms with Gasteiger partial charge >= 0.3 is 0 Å². The fraction of sp³-hybridized carbons (Fsp3) is 0.500. The smallest absolute Gasteiger partial charge is 0.0483 e. The molecule has 1 N–H and O–H groups in total. The molecule has 0 amide bonds. The minimum atomic E-state index is 0.349. The largest absolute Gasteiger partial charge is 0.396 e. The Kier molecular flexibility index (Phi) is 3.17. The van der Waals surface area contributed by atoms with Crippen LogP contribution in [0.2, 0.25) is 0 Å². The van der Waals surface area contributed by atoms with E-state index in [1.165, 1.54) is 5.56 Å². The van der Waals surface area contributed by atoms with Crippen LogP contribution in [0.3, 0.4) is 0 Å². The van der Waals surface area contributed by atoms with Gasteiger partial charge in [-0.15, -0.1) is 0 Å². The molecule has 1 fully saturated rings. The molecule has 1 heterocycles. The van der Waals surface area contributed by atoms with Gasteiger partial charge in [0.05, 0.1) is 0 Å². The molecule has 1 saturated heterocycles. The van der Waals surface area contributed by atoms with Crippen LogP contribution in [0.15, 0.2) is 30.3 Å². The van der Waals surface area contributed by atoms with Gasteiger partial charge in [-0.1, -0.05) is 30.3 Å². The van der Waals surface area contributed by atoms with Crippen LogP contribution in [-0.2, 0) is 6.42 Å². The predicted molar refractivity (Wildman–Crippen MR) is 57.2 cm³/mol. The Morgan fingerprint density at radius 1 is 1.21 bits per heavy atom. The van der Waals surface area contributed by atoms with Crippen LogP contribution < -0.4 is 0 Å². The van der Waals surface area contributed by atoms with E-state index in [1.807, 2.05) is 0 Å². The SMILES string of the molecule is OCC1CN(CCc2ccccc2)C1. The van der Waals surface area contributed by atoms with E-state index >= 15 is 0 Å². The quantitative estimate of drug-likeness (QED) is 0.772. The highest BCUT2D eigenvalue weighted by Crippen LogP contribution is 2.14. The van der Waals surface area contributed by atoms with Crippen LogP contribution in [-0.4, -0.2) is 36.2 Å². The number of rotatable bonds is 4. The molecule has 0 saturated carbocycles. The molecule has 76 valence electrons. The summed E-state index contributed by atoms with van der Waals surface area (Å²) in [6.45, 7) is 3.62. The summed E-state index contributed by atoms with van der Waals surface area (Å²) in [5.41, 5.74) is 1.40. The molecule has 2 heteroatoms. The summed E-state index contributed by atoms with van der Waals surface area (Å²) in [7, 11) is 0. The highest BCUT2D eigenvalue weighted by molar-refractivity contribution is 5.14. The summed E-state index contributed by atoms with van der Waals surface area (Å²) in [5.74, 6) is 0.533. The molecule has 1 aliphatic heterocycles. The summed E-state index contributed by atoms with van der Waals surface area (Å²) in [6, 6.07) is 10.6. The monoisotopic (exact) mass is 191 g/mol. The lowest BCUT2D eigenvalue weighted by Crippen LogP contribution is -2.48. The summed E-state index contributed by atoms with van der Waals surface area (Å²) >= 11 is 0. The van der Waals surface area contributed by atoms with Crippen molar-refractivity contribution in [3.8, 4) is 0 Å². The molecule has 1 aliphatic rings. The van der Waals surface area contributed by atoms with Crippen LogP contribution in [0.1, 0.15) is 5.56 Å². The molecule has 0 atom stereocenters. The van der Waals surface area contributed by atoms with Crippen LogP contribution >= 0.6 is 0 Å². The van der Waals surface area contributed by atoms with E-state index in [1.54, 1.807) is 0 Å². The van der Waals surface area contributed by atoms with Gasteiger partial charge in [-0.3, -0.25) is 0 Å². The zero-order valence-electron chi connectivity index (χ0n) is 8.39. The first kappa shape index (κ1) is 9.69. The maximum atomic E-state index is 8.86. The number of nitrogens with zero attached hydrogens (tertiary/aromatic N) is 1. The van der Waals surface area contributed by atoms with Gasteiger partial charge in [0.1, 0.15) is 0 Å². The van der Waals surface area contributed by atoms with Crippen molar-refractivity contribution < 1.29 is 5.11 Å². The summed E-state index contributed by atoms with van der Waals surface area (Å²) in [5, 5.41) is 8.86. The molecule has 0 radical (unpaired) electrons. The number of aliphatic hydroxyl groups excluding tert-OH is 1. The van der Waals surface area contributed by atoms with Crippen LogP contribution in [0, 0.1) is 5.92 Å². The van der Waals surface area contributed by atoms with Crippen molar-refractivity contribution >= 4 is 0 Å². The van der Waals surface area contributed by atoms with Gasteiger partial charge in [0.2, 0.25) is 0 Å². The molecule has 1 aromatic rings. The zero-order chi connectivity index (χ0) is 9.80. The standard InChI is InChI=1S/C12H17NO/c14-10-12-8-13(9-12)7-6-11-4-2-1-3-5-11/h1-5,12,14H,6-10H2. The molecule has 0 bridgehead atoms. The van der Waals surface area contributed by atoms with E-state index in [0.29, 0.717) is 12.5 Å². The number of hydrogen-bond acceptors (Lipinski definition) is 2. The van der Waals surface area contributed by atoms with Gasteiger partial charge in [0.15, 0.2) is 0 Å². The number of likely N-dealkylation sites (tertiary alicyclic amines) is 1. The van der Waals surface area contributed by atoms with E-state index in [0.717, 1.165) is 26.1 Å². The molecule has 2 nitrogen and oxygen atoms in total. The second kappa shape index (κ2) is 4.58. The molecule has 0 unspecified atom stereocenters. The third-order valence-electron chi connectivity index (χ3n) is 2.85. The Morgan fingerprint density at radius 3 is 2.57 bits per heavy atom. The van der Waals surface area contributed by atoms with Crippen molar-refractivity contribution in [1.29, 1.82) is 0 Å². The lowest BCUT2D eigenvalue weighted by Gasteiger charge is -2.38. The lowest BCUT2D eigenvalue weighted by atomic mass is 10.0. The fourth-order valence-electron chi connectivity index (χ4n) is 1.91. The average Bonchev–Trinajstić information content (AvgIpc) is 2.17. The minimum absolute atomic E-state index is 0.349. The van der Waals surface area contributed by atoms with E-state index in [2.05, 4.69) is 35.2 Å². The summed E-state index contributed by atoms with van der Waals surface area (Å²) in [4.78, 5) is 2.40. The van der Waals surface area contributed by atoms with E-state index in [4.69, 9.17) is 5.11 Å². The number of benzene rings is 1.